The zero-order chi connectivity index (χ0) is 27.0. The molecule has 196 valence electrons. The smallest absolute Gasteiger partial charge is 0.410 e. The van der Waals surface area contributed by atoms with Crippen LogP contribution < -0.4 is 4.90 Å². The average molecular weight is 514 g/mol. The molecular weight excluding hydrogens is 482 g/mol. The second-order valence-electron chi connectivity index (χ2n) is 10.6. The molecule has 0 saturated carbocycles. The van der Waals surface area contributed by atoms with Gasteiger partial charge in [0.15, 0.2) is 0 Å². The van der Waals surface area contributed by atoms with Crippen molar-refractivity contribution in [1.82, 2.24) is 34.3 Å². The fraction of sp³-hybridized carbons (Fsp3) is 0.407. The molecule has 1 saturated heterocycles. The molecule has 5 heterocycles. The van der Waals surface area contributed by atoms with Gasteiger partial charge in [-0.2, -0.15) is 15.5 Å². The largest absolute Gasteiger partial charge is 0.444 e. The van der Waals surface area contributed by atoms with E-state index in [1.54, 1.807) is 45.9 Å². The van der Waals surface area contributed by atoms with Crippen LogP contribution in [0.3, 0.4) is 0 Å². The predicted molar refractivity (Wildman–Crippen MR) is 142 cm³/mol. The van der Waals surface area contributed by atoms with Crippen molar-refractivity contribution in [3.05, 3.63) is 48.7 Å². The Morgan fingerprint density at radius 1 is 1.16 bits per heavy atom. The number of anilines is 1. The summed E-state index contributed by atoms with van der Waals surface area (Å²) in [5, 5.41) is 18.3. The van der Waals surface area contributed by atoms with Crippen LogP contribution in [0.2, 0.25) is 0 Å². The molecule has 0 unspecified atom stereocenters. The number of rotatable bonds is 4. The number of carbonyl (C=O) groups is 1. The normalized spacial score (nSPS) is 15.9. The minimum absolute atomic E-state index is 0.0301. The van der Waals surface area contributed by atoms with Crippen LogP contribution in [0.25, 0.3) is 28.0 Å². The highest BCUT2D eigenvalue weighted by atomic mass is 16.6. The molecule has 1 amide bonds. The van der Waals surface area contributed by atoms with E-state index >= 15 is 0 Å². The van der Waals surface area contributed by atoms with Crippen molar-refractivity contribution in [2.24, 2.45) is 7.05 Å². The van der Waals surface area contributed by atoms with E-state index in [0.717, 1.165) is 36.3 Å². The first kappa shape index (κ1) is 25.2. The van der Waals surface area contributed by atoms with Crippen molar-refractivity contribution in [2.45, 2.75) is 45.3 Å². The maximum atomic E-state index is 12.6. The molecule has 0 radical (unpaired) electrons. The molecule has 0 aromatic carbocycles. The minimum atomic E-state index is -0.536. The molecule has 0 aliphatic carbocycles. The van der Waals surface area contributed by atoms with Crippen LogP contribution in [0.1, 0.15) is 39.2 Å². The fourth-order valence-electron chi connectivity index (χ4n) is 4.67. The quantitative estimate of drug-likeness (QED) is 0.403. The lowest BCUT2D eigenvalue weighted by Crippen LogP contribution is -2.50. The molecule has 0 spiro atoms. The van der Waals surface area contributed by atoms with Gasteiger partial charge in [-0.3, -0.25) is 4.68 Å². The lowest BCUT2D eigenvalue weighted by Gasteiger charge is -2.38. The number of nitriles is 1. The Morgan fingerprint density at radius 2 is 1.97 bits per heavy atom. The third kappa shape index (κ3) is 5.02. The number of piperidine rings is 1. The molecule has 5 rings (SSSR count). The predicted octanol–water partition coefficient (Wildman–Crippen LogP) is 3.90. The van der Waals surface area contributed by atoms with Crippen molar-refractivity contribution < 1.29 is 9.53 Å². The van der Waals surface area contributed by atoms with Gasteiger partial charge >= 0.3 is 6.09 Å². The lowest BCUT2D eigenvalue weighted by atomic mass is 10.0. The van der Waals surface area contributed by atoms with Crippen molar-refractivity contribution in [3.8, 4) is 28.6 Å². The number of amides is 1. The van der Waals surface area contributed by atoms with Gasteiger partial charge in [0.1, 0.15) is 28.6 Å². The zero-order valence-electron chi connectivity index (χ0n) is 22.3. The number of likely N-dealkylation sites (N-methyl/N-ethyl adjacent to an activating group) is 1. The maximum absolute atomic E-state index is 12.6. The highest BCUT2D eigenvalue weighted by Crippen LogP contribution is 2.30. The van der Waals surface area contributed by atoms with E-state index in [9.17, 15) is 10.1 Å². The van der Waals surface area contributed by atoms with E-state index in [0.29, 0.717) is 29.0 Å². The summed E-state index contributed by atoms with van der Waals surface area (Å²) in [6, 6.07) is 6.17. The number of hydrogen-bond acceptors (Lipinski definition) is 8. The summed E-state index contributed by atoms with van der Waals surface area (Å²) in [5.41, 5.74) is 3.49. The number of aryl methyl sites for hydroxylation is 1. The second-order valence-corrected chi connectivity index (χ2v) is 10.6. The third-order valence-corrected chi connectivity index (χ3v) is 6.59. The van der Waals surface area contributed by atoms with Gasteiger partial charge in [0.25, 0.3) is 0 Å². The number of fused-ring (bicyclic) bond motifs is 1. The Bertz CT molecular complexity index is 1510. The molecule has 1 atom stereocenters. The van der Waals surface area contributed by atoms with Gasteiger partial charge in [-0.15, -0.1) is 0 Å². The van der Waals surface area contributed by atoms with Gasteiger partial charge in [0.05, 0.1) is 36.0 Å². The number of aromatic nitrogens is 6. The first-order valence-corrected chi connectivity index (χ1v) is 12.6. The molecule has 11 nitrogen and oxygen atoms in total. The van der Waals surface area contributed by atoms with Crippen molar-refractivity contribution in [3.63, 3.8) is 0 Å². The number of carbonyl (C=O) groups excluding carboxylic acids is 1. The van der Waals surface area contributed by atoms with E-state index < -0.39 is 5.60 Å². The van der Waals surface area contributed by atoms with E-state index in [1.807, 2.05) is 46.1 Å². The maximum Gasteiger partial charge on any atom is 0.410 e. The Hall–Kier alpha value is -4.46. The summed E-state index contributed by atoms with van der Waals surface area (Å²) in [5.74, 6) is 0.824. The van der Waals surface area contributed by atoms with Crippen LogP contribution in [0.4, 0.5) is 10.6 Å². The van der Waals surface area contributed by atoms with Crippen LogP contribution in [-0.4, -0.2) is 72.1 Å². The van der Waals surface area contributed by atoms with E-state index in [2.05, 4.69) is 21.2 Å². The highest BCUT2D eigenvalue weighted by Gasteiger charge is 2.29. The molecule has 38 heavy (non-hydrogen) atoms. The second kappa shape index (κ2) is 9.78. The Balaban J connectivity index is 1.42. The molecule has 4 aromatic rings. The van der Waals surface area contributed by atoms with Crippen molar-refractivity contribution in [2.75, 3.05) is 25.0 Å². The summed E-state index contributed by atoms with van der Waals surface area (Å²) in [6.45, 7) is 7.13. The summed E-state index contributed by atoms with van der Waals surface area (Å²) >= 11 is 0. The number of hydrogen-bond donors (Lipinski definition) is 0. The first-order chi connectivity index (χ1) is 18.1. The van der Waals surface area contributed by atoms with Crippen molar-refractivity contribution >= 4 is 17.4 Å². The summed E-state index contributed by atoms with van der Waals surface area (Å²) in [6.07, 6.45) is 10.3. The first-order valence-electron chi connectivity index (χ1n) is 12.6. The summed E-state index contributed by atoms with van der Waals surface area (Å²) in [7, 11) is 3.65. The SMILES string of the molecule is CN(C(=O)OC(C)(C)C)[C@H]1CCCN(c2ccc(-c3nc(-c4cnn(C)c4)cn4ncc(C#N)c34)cn2)C1. The molecule has 1 aliphatic rings. The summed E-state index contributed by atoms with van der Waals surface area (Å²) < 4.78 is 8.95. The fourth-order valence-corrected chi connectivity index (χ4v) is 4.67. The van der Waals surface area contributed by atoms with Crippen LogP contribution in [0.15, 0.2) is 43.1 Å². The molecular formula is C27H31N9O2. The Labute approximate surface area is 221 Å². The number of pyridine rings is 1. The number of nitrogens with zero attached hydrogens (tertiary/aromatic N) is 9. The number of ether oxygens (including phenoxy) is 1. The monoisotopic (exact) mass is 513 g/mol. The summed E-state index contributed by atoms with van der Waals surface area (Å²) in [4.78, 5) is 26.1. The van der Waals surface area contributed by atoms with Gasteiger partial charge in [0, 0.05) is 50.7 Å². The van der Waals surface area contributed by atoms with E-state index in [-0.39, 0.29) is 12.1 Å². The zero-order valence-corrected chi connectivity index (χ0v) is 22.3. The van der Waals surface area contributed by atoms with Gasteiger partial charge in [-0.1, -0.05) is 0 Å². The lowest BCUT2D eigenvalue weighted by molar-refractivity contribution is 0.0209. The highest BCUT2D eigenvalue weighted by molar-refractivity contribution is 5.83. The van der Waals surface area contributed by atoms with Gasteiger partial charge in [0.2, 0.25) is 0 Å². The molecule has 1 fully saturated rings. The molecule has 1 aliphatic heterocycles. The molecule has 0 bridgehead atoms. The van der Waals surface area contributed by atoms with Crippen LogP contribution >= 0.6 is 0 Å². The Kier molecular flexibility index (Phi) is 6.48. The standard InChI is InChI=1S/C27H31N9O2/c1-27(2,3)38-26(37)34(5)21-7-6-10-35(16-21)23-9-8-18(12-29-23)24-25-19(11-28)13-31-36(25)17-22(32-24)20-14-30-33(4)15-20/h8-9,12-15,17,21H,6-7,10,16H2,1-5H3/t21-/m0/s1. The minimum Gasteiger partial charge on any atom is -0.444 e. The van der Waals surface area contributed by atoms with Crippen molar-refractivity contribution in [1.29, 1.82) is 5.26 Å². The van der Waals surface area contributed by atoms with Crippen LogP contribution in [-0.2, 0) is 11.8 Å². The van der Waals surface area contributed by atoms with Crippen LogP contribution in [0, 0.1) is 11.3 Å². The molecule has 4 aromatic heterocycles. The van der Waals surface area contributed by atoms with E-state index in [1.165, 1.54) is 0 Å². The van der Waals surface area contributed by atoms with Gasteiger partial charge in [-0.25, -0.2) is 19.3 Å². The van der Waals surface area contributed by atoms with Crippen LogP contribution in [0.5, 0.6) is 0 Å². The molecule has 11 heteroatoms. The topological polar surface area (TPSA) is 117 Å². The van der Waals surface area contributed by atoms with Gasteiger partial charge in [-0.05, 0) is 45.7 Å². The van der Waals surface area contributed by atoms with Gasteiger partial charge < -0.3 is 14.5 Å². The van der Waals surface area contributed by atoms with E-state index in [4.69, 9.17) is 14.7 Å². The average Bonchev–Trinajstić information content (AvgIpc) is 3.53. The third-order valence-electron chi connectivity index (χ3n) is 6.59. The Morgan fingerprint density at radius 3 is 2.63 bits per heavy atom. The molecule has 0 N–H and O–H groups in total.